The molecule has 0 unspecified atom stereocenters. The number of hydrogen-bond acceptors (Lipinski definition) is 4. The van der Waals surface area contributed by atoms with Crippen LogP contribution in [0.3, 0.4) is 0 Å². The van der Waals surface area contributed by atoms with E-state index in [0.29, 0.717) is 31.7 Å². The molecule has 0 radical (unpaired) electrons. The van der Waals surface area contributed by atoms with Crippen LogP contribution in [0.5, 0.6) is 0 Å². The van der Waals surface area contributed by atoms with Crippen LogP contribution in [0.25, 0.3) is 5.57 Å². The minimum Gasteiger partial charge on any atom is -0.371 e. The van der Waals surface area contributed by atoms with Gasteiger partial charge in [-0.15, -0.1) is 0 Å². The maximum atomic E-state index is 13.7. The molecule has 0 saturated carbocycles. The minimum absolute atomic E-state index is 0.0824. The van der Waals surface area contributed by atoms with E-state index in [2.05, 4.69) is 23.1 Å². The summed E-state index contributed by atoms with van der Waals surface area (Å²) in [5.74, 6) is -0.0824. The van der Waals surface area contributed by atoms with E-state index in [0.717, 1.165) is 57.3 Å². The third-order valence-corrected chi connectivity index (χ3v) is 9.13. The SMILES string of the molecule is O=C(c1cc(S(=O)(=O)N2CCCCC2)ccc1N1CCCC1)N1CC=C(c2ccccc2)CC1. The molecule has 34 heavy (non-hydrogen) atoms. The van der Waals surface area contributed by atoms with E-state index in [9.17, 15) is 13.2 Å². The first-order valence-electron chi connectivity index (χ1n) is 12.5. The lowest BCUT2D eigenvalue weighted by molar-refractivity contribution is 0.0773. The second-order valence-electron chi connectivity index (χ2n) is 9.43. The normalized spacial score (nSPS) is 19.8. The van der Waals surface area contributed by atoms with Gasteiger partial charge in [-0.25, -0.2) is 8.42 Å². The standard InChI is InChI=1S/C27H33N3O3S/c31-27(29-19-13-23(14-20-29)22-9-3-1-4-10-22)25-21-24(11-12-26(25)28-15-7-8-16-28)34(32,33)30-17-5-2-6-18-30/h1,3-4,9-13,21H,2,5-8,14-20H2. The highest BCUT2D eigenvalue weighted by molar-refractivity contribution is 7.89. The van der Waals surface area contributed by atoms with Gasteiger partial charge in [-0.3, -0.25) is 4.79 Å². The molecule has 5 rings (SSSR count). The fourth-order valence-electron chi connectivity index (χ4n) is 5.27. The Bertz CT molecular complexity index is 1160. The van der Waals surface area contributed by atoms with Gasteiger partial charge in [0, 0.05) is 45.0 Å². The van der Waals surface area contributed by atoms with E-state index in [-0.39, 0.29) is 10.8 Å². The molecule has 6 nitrogen and oxygen atoms in total. The van der Waals surface area contributed by atoms with Gasteiger partial charge in [0.1, 0.15) is 0 Å². The van der Waals surface area contributed by atoms with Gasteiger partial charge >= 0.3 is 0 Å². The average molecular weight is 480 g/mol. The monoisotopic (exact) mass is 479 g/mol. The van der Waals surface area contributed by atoms with Crippen LogP contribution in [0.15, 0.2) is 59.5 Å². The molecule has 2 fully saturated rings. The lowest BCUT2D eigenvalue weighted by Crippen LogP contribution is -2.37. The zero-order chi connectivity index (χ0) is 23.5. The molecule has 2 aromatic rings. The van der Waals surface area contributed by atoms with Crippen molar-refractivity contribution in [2.45, 2.75) is 43.4 Å². The van der Waals surface area contributed by atoms with Crippen molar-refractivity contribution in [2.75, 3.05) is 44.2 Å². The molecule has 3 aliphatic heterocycles. The minimum atomic E-state index is -3.60. The van der Waals surface area contributed by atoms with Crippen LogP contribution in [-0.4, -0.2) is 62.8 Å². The van der Waals surface area contributed by atoms with Gasteiger partial charge in [-0.1, -0.05) is 42.8 Å². The maximum Gasteiger partial charge on any atom is 0.256 e. The van der Waals surface area contributed by atoms with Gasteiger partial charge in [-0.2, -0.15) is 4.31 Å². The molecular weight excluding hydrogens is 446 g/mol. The predicted molar refractivity (Wildman–Crippen MR) is 135 cm³/mol. The Kier molecular flexibility index (Phi) is 6.75. The van der Waals surface area contributed by atoms with E-state index in [4.69, 9.17) is 0 Å². The highest BCUT2D eigenvalue weighted by Gasteiger charge is 2.30. The summed E-state index contributed by atoms with van der Waals surface area (Å²) in [5, 5.41) is 0. The molecule has 0 bridgehead atoms. The molecule has 2 aromatic carbocycles. The summed E-state index contributed by atoms with van der Waals surface area (Å²) in [7, 11) is -3.60. The van der Waals surface area contributed by atoms with E-state index < -0.39 is 10.0 Å². The van der Waals surface area contributed by atoms with Gasteiger partial charge in [-0.05, 0) is 61.4 Å². The molecule has 1 amide bonds. The van der Waals surface area contributed by atoms with Crippen molar-refractivity contribution in [1.29, 1.82) is 0 Å². The molecule has 3 heterocycles. The summed E-state index contributed by atoms with van der Waals surface area (Å²) in [6.07, 6.45) is 7.95. The molecular formula is C27H33N3O3S. The largest absolute Gasteiger partial charge is 0.371 e. The number of amides is 1. The van der Waals surface area contributed by atoms with E-state index >= 15 is 0 Å². The number of rotatable bonds is 5. The fraction of sp³-hybridized carbons (Fsp3) is 0.444. The van der Waals surface area contributed by atoms with Crippen LogP contribution in [0.4, 0.5) is 5.69 Å². The van der Waals surface area contributed by atoms with Gasteiger partial charge in [0.25, 0.3) is 5.91 Å². The molecule has 0 aliphatic carbocycles. The Labute approximate surface area is 202 Å². The number of hydrogen-bond donors (Lipinski definition) is 0. The zero-order valence-corrected chi connectivity index (χ0v) is 20.5. The summed E-state index contributed by atoms with van der Waals surface area (Å²) >= 11 is 0. The molecule has 3 aliphatic rings. The first kappa shape index (κ1) is 23.1. The number of nitrogens with zero attached hydrogens (tertiary/aromatic N) is 3. The van der Waals surface area contributed by atoms with Gasteiger partial charge in [0.2, 0.25) is 10.0 Å². The number of carbonyl (C=O) groups excluding carboxylic acids is 1. The lowest BCUT2D eigenvalue weighted by Gasteiger charge is -2.30. The highest BCUT2D eigenvalue weighted by Crippen LogP contribution is 2.31. The van der Waals surface area contributed by atoms with Crippen LogP contribution >= 0.6 is 0 Å². The second-order valence-corrected chi connectivity index (χ2v) is 11.4. The number of sulfonamides is 1. The van der Waals surface area contributed by atoms with E-state index in [1.54, 1.807) is 16.4 Å². The van der Waals surface area contributed by atoms with Crippen LogP contribution < -0.4 is 4.90 Å². The number of piperidine rings is 1. The highest BCUT2D eigenvalue weighted by atomic mass is 32.2. The zero-order valence-electron chi connectivity index (χ0n) is 19.7. The topological polar surface area (TPSA) is 60.9 Å². The third kappa shape index (κ3) is 4.64. The van der Waals surface area contributed by atoms with Gasteiger partial charge in [0.15, 0.2) is 0 Å². The first-order chi connectivity index (χ1) is 16.5. The molecule has 180 valence electrons. The quantitative estimate of drug-likeness (QED) is 0.638. The van der Waals surface area contributed by atoms with Crippen LogP contribution in [-0.2, 0) is 10.0 Å². The van der Waals surface area contributed by atoms with Crippen LogP contribution in [0, 0.1) is 0 Å². The molecule has 2 saturated heterocycles. The summed E-state index contributed by atoms with van der Waals surface area (Å²) < 4.78 is 28.3. The van der Waals surface area contributed by atoms with Crippen LogP contribution in [0.1, 0.15) is 54.4 Å². The first-order valence-corrected chi connectivity index (χ1v) is 13.9. The Hall–Kier alpha value is -2.64. The maximum absolute atomic E-state index is 13.7. The van der Waals surface area contributed by atoms with Crippen molar-refractivity contribution in [1.82, 2.24) is 9.21 Å². The molecule has 0 N–H and O–H groups in total. The second kappa shape index (κ2) is 9.92. The van der Waals surface area contributed by atoms with Crippen molar-refractivity contribution in [3.8, 4) is 0 Å². The molecule has 0 spiro atoms. The number of carbonyl (C=O) groups is 1. The van der Waals surface area contributed by atoms with Crippen molar-refractivity contribution < 1.29 is 13.2 Å². The van der Waals surface area contributed by atoms with Gasteiger partial charge < -0.3 is 9.80 Å². The van der Waals surface area contributed by atoms with Gasteiger partial charge in [0.05, 0.1) is 10.5 Å². The van der Waals surface area contributed by atoms with Crippen molar-refractivity contribution in [3.63, 3.8) is 0 Å². The fourth-order valence-corrected chi connectivity index (χ4v) is 6.82. The third-order valence-electron chi connectivity index (χ3n) is 7.24. The molecule has 0 aromatic heterocycles. The Balaban J connectivity index is 1.44. The Morgan fingerprint density at radius 3 is 2.18 bits per heavy atom. The Morgan fingerprint density at radius 2 is 1.50 bits per heavy atom. The summed E-state index contributed by atoms with van der Waals surface area (Å²) in [6.45, 7) is 4.07. The summed E-state index contributed by atoms with van der Waals surface area (Å²) in [5.41, 5.74) is 3.82. The summed E-state index contributed by atoms with van der Waals surface area (Å²) in [4.78, 5) is 18.0. The smallest absolute Gasteiger partial charge is 0.256 e. The Morgan fingerprint density at radius 1 is 0.794 bits per heavy atom. The van der Waals surface area contributed by atoms with Crippen molar-refractivity contribution >= 4 is 27.2 Å². The number of anilines is 1. The van der Waals surface area contributed by atoms with Crippen LogP contribution in [0.2, 0.25) is 0 Å². The molecule has 0 atom stereocenters. The average Bonchev–Trinajstić information content (AvgIpc) is 3.44. The van der Waals surface area contributed by atoms with E-state index in [1.807, 2.05) is 29.2 Å². The molecule has 7 heteroatoms. The van der Waals surface area contributed by atoms with Crippen molar-refractivity contribution in [2.24, 2.45) is 0 Å². The number of benzene rings is 2. The predicted octanol–water partition coefficient (Wildman–Crippen LogP) is 4.39. The van der Waals surface area contributed by atoms with E-state index in [1.165, 1.54) is 11.1 Å². The summed E-state index contributed by atoms with van der Waals surface area (Å²) in [6, 6.07) is 15.5. The lowest BCUT2D eigenvalue weighted by atomic mass is 9.99. The van der Waals surface area contributed by atoms with Crippen molar-refractivity contribution in [3.05, 3.63) is 65.7 Å².